The van der Waals surface area contributed by atoms with Gasteiger partial charge in [0.1, 0.15) is 5.75 Å². The van der Waals surface area contributed by atoms with E-state index in [4.69, 9.17) is 0 Å². The minimum atomic E-state index is 0.237. The molecule has 0 spiro atoms. The number of nitrogens with zero attached hydrogens (tertiary/aromatic N) is 2. The van der Waals surface area contributed by atoms with Gasteiger partial charge < -0.3 is 5.11 Å². The molecule has 0 bridgehead atoms. The fourth-order valence-electron chi connectivity index (χ4n) is 2.47. The molecule has 0 saturated heterocycles. The maximum Gasteiger partial charge on any atom is 0.124 e. The van der Waals surface area contributed by atoms with Gasteiger partial charge in [-0.25, -0.2) is 0 Å². The molecule has 0 aliphatic carbocycles. The molecule has 0 amide bonds. The second kappa shape index (κ2) is 7.97. The predicted molar refractivity (Wildman–Crippen MR) is 97.8 cm³/mol. The van der Waals surface area contributed by atoms with Gasteiger partial charge in [0.25, 0.3) is 0 Å². The second-order valence-corrected chi connectivity index (χ2v) is 5.60. The zero-order valence-corrected chi connectivity index (χ0v) is 13.4. The van der Waals surface area contributed by atoms with Crippen molar-refractivity contribution in [2.45, 2.75) is 13.1 Å². The Balaban J connectivity index is 1.80. The summed E-state index contributed by atoms with van der Waals surface area (Å²) in [6, 6.07) is 27.7. The van der Waals surface area contributed by atoms with Gasteiger partial charge in [-0.15, -0.1) is 0 Å². The first kappa shape index (κ1) is 15.8. The van der Waals surface area contributed by atoms with Gasteiger partial charge in [0.2, 0.25) is 0 Å². The van der Waals surface area contributed by atoms with Crippen LogP contribution in [0.4, 0.5) is 0 Å². The number of benzene rings is 3. The van der Waals surface area contributed by atoms with Crippen LogP contribution in [0.2, 0.25) is 0 Å². The molecule has 1 N–H and O–H groups in total. The van der Waals surface area contributed by atoms with Crippen LogP contribution in [0, 0.1) is 0 Å². The van der Waals surface area contributed by atoms with Gasteiger partial charge in [0.05, 0.1) is 19.3 Å². The molecule has 0 aromatic heterocycles. The van der Waals surface area contributed by atoms with E-state index in [0.29, 0.717) is 18.7 Å². The van der Waals surface area contributed by atoms with Crippen molar-refractivity contribution in [3.8, 4) is 5.75 Å². The summed E-state index contributed by atoms with van der Waals surface area (Å²) in [6.45, 7) is 1.42. The number of phenols is 1. The molecule has 0 radical (unpaired) electrons. The van der Waals surface area contributed by atoms with Crippen LogP contribution in [-0.4, -0.2) is 16.3 Å². The minimum Gasteiger partial charge on any atom is -0.507 e. The van der Waals surface area contributed by atoms with E-state index < -0.39 is 0 Å². The summed E-state index contributed by atoms with van der Waals surface area (Å²) in [5.41, 5.74) is 3.11. The molecule has 3 rings (SSSR count). The van der Waals surface area contributed by atoms with Crippen molar-refractivity contribution in [3.05, 3.63) is 102 Å². The number of aromatic hydroxyl groups is 1. The summed E-state index contributed by atoms with van der Waals surface area (Å²) in [7, 11) is 0. The van der Waals surface area contributed by atoms with Crippen molar-refractivity contribution in [3.63, 3.8) is 0 Å². The van der Waals surface area contributed by atoms with Crippen LogP contribution in [0.1, 0.15) is 16.7 Å². The molecule has 24 heavy (non-hydrogen) atoms. The zero-order valence-electron chi connectivity index (χ0n) is 13.4. The van der Waals surface area contributed by atoms with Gasteiger partial charge >= 0.3 is 0 Å². The summed E-state index contributed by atoms with van der Waals surface area (Å²) in [5.74, 6) is 0.237. The smallest absolute Gasteiger partial charge is 0.124 e. The molecule has 0 atom stereocenters. The van der Waals surface area contributed by atoms with Crippen molar-refractivity contribution in [1.29, 1.82) is 0 Å². The number of phenolic OH excluding ortho intramolecular Hbond substituents is 1. The molecule has 0 heterocycles. The molecule has 0 aliphatic rings. The van der Waals surface area contributed by atoms with Crippen LogP contribution < -0.4 is 0 Å². The van der Waals surface area contributed by atoms with Gasteiger partial charge in [0.15, 0.2) is 0 Å². The Hall–Kier alpha value is -3.07. The number of para-hydroxylation sites is 1. The van der Waals surface area contributed by atoms with Crippen LogP contribution in [0.25, 0.3) is 0 Å². The van der Waals surface area contributed by atoms with Crippen LogP contribution in [-0.2, 0) is 13.1 Å². The zero-order chi connectivity index (χ0) is 16.6. The number of hydrazone groups is 1. The Morgan fingerprint density at radius 2 is 1.21 bits per heavy atom. The Morgan fingerprint density at radius 1 is 0.708 bits per heavy atom. The van der Waals surface area contributed by atoms with Gasteiger partial charge in [-0.1, -0.05) is 72.8 Å². The quantitative estimate of drug-likeness (QED) is 0.539. The summed E-state index contributed by atoms with van der Waals surface area (Å²) in [6.07, 6.45) is 1.71. The van der Waals surface area contributed by atoms with Crippen LogP contribution in [0.3, 0.4) is 0 Å². The lowest BCUT2D eigenvalue weighted by Crippen LogP contribution is -2.17. The van der Waals surface area contributed by atoms with Crippen LogP contribution in [0.15, 0.2) is 90.0 Å². The molecule has 3 heteroatoms. The third-order valence-electron chi connectivity index (χ3n) is 3.71. The van der Waals surface area contributed by atoms with Gasteiger partial charge in [-0.3, -0.25) is 5.01 Å². The molecule has 120 valence electrons. The van der Waals surface area contributed by atoms with Crippen molar-refractivity contribution in [2.75, 3.05) is 0 Å². The molecule has 3 aromatic carbocycles. The molecular formula is C21H20N2O. The minimum absolute atomic E-state index is 0.237. The van der Waals surface area contributed by atoms with E-state index in [1.807, 2.05) is 53.5 Å². The number of rotatable bonds is 6. The monoisotopic (exact) mass is 316 g/mol. The topological polar surface area (TPSA) is 35.8 Å². The predicted octanol–water partition coefficient (Wildman–Crippen LogP) is 4.43. The van der Waals surface area contributed by atoms with E-state index in [2.05, 4.69) is 29.4 Å². The normalized spacial score (nSPS) is 10.8. The third kappa shape index (κ3) is 4.46. The SMILES string of the molecule is Oc1ccccc1/C=N/N(Cc1ccccc1)Cc1ccccc1. The van der Waals surface area contributed by atoms with Crippen molar-refractivity contribution < 1.29 is 5.11 Å². The first-order chi connectivity index (χ1) is 11.8. The highest BCUT2D eigenvalue weighted by Crippen LogP contribution is 2.15. The first-order valence-corrected chi connectivity index (χ1v) is 7.96. The molecule has 0 fully saturated rings. The Bertz CT molecular complexity index is 744. The van der Waals surface area contributed by atoms with E-state index in [-0.39, 0.29) is 5.75 Å². The standard InChI is InChI=1S/C21H20N2O/c24-21-14-8-7-13-20(21)15-22-23(16-18-9-3-1-4-10-18)17-19-11-5-2-6-12-19/h1-15,24H,16-17H2/b22-15+. The highest BCUT2D eigenvalue weighted by molar-refractivity contribution is 5.82. The Morgan fingerprint density at radius 3 is 1.75 bits per heavy atom. The number of hydrogen-bond acceptors (Lipinski definition) is 3. The average Bonchev–Trinajstić information content (AvgIpc) is 2.62. The lowest BCUT2D eigenvalue weighted by Gasteiger charge is -2.19. The van der Waals surface area contributed by atoms with E-state index >= 15 is 0 Å². The molecule has 0 saturated carbocycles. The second-order valence-electron chi connectivity index (χ2n) is 5.60. The van der Waals surface area contributed by atoms with E-state index in [0.717, 1.165) is 0 Å². The maximum atomic E-state index is 9.89. The van der Waals surface area contributed by atoms with Crippen molar-refractivity contribution in [1.82, 2.24) is 5.01 Å². The van der Waals surface area contributed by atoms with Crippen molar-refractivity contribution in [2.24, 2.45) is 5.10 Å². The van der Waals surface area contributed by atoms with Gasteiger partial charge in [0, 0.05) is 5.56 Å². The molecule has 0 unspecified atom stereocenters. The van der Waals surface area contributed by atoms with Gasteiger partial charge in [-0.2, -0.15) is 5.10 Å². The first-order valence-electron chi connectivity index (χ1n) is 7.96. The molecule has 0 aliphatic heterocycles. The highest BCUT2D eigenvalue weighted by atomic mass is 16.3. The summed E-state index contributed by atoms with van der Waals surface area (Å²) >= 11 is 0. The molecule has 3 aromatic rings. The summed E-state index contributed by atoms with van der Waals surface area (Å²) in [5, 5.41) is 16.5. The van der Waals surface area contributed by atoms with E-state index in [1.165, 1.54) is 11.1 Å². The lowest BCUT2D eigenvalue weighted by atomic mass is 10.2. The fourth-order valence-corrected chi connectivity index (χ4v) is 2.47. The highest BCUT2D eigenvalue weighted by Gasteiger charge is 2.04. The average molecular weight is 316 g/mol. The summed E-state index contributed by atoms with van der Waals surface area (Å²) in [4.78, 5) is 0. The number of hydrogen-bond donors (Lipinski definition) is 1. The summed E-state index contributed by atoms with van der Waals surface area (Å²) < 4.78 is 0. The van der Waals surface area contributed by atoms with E-state index in [9.17, 15) is 5.11 Å². The van der Waals surface area contributed by atoms with Gasteiger partial charge in [-0.05, 0) is 23.3 Å². The van der Waals surface area contributed by atoms with Crippen LogP contribution >= 0.6 is 0 Å². The maximum absolute atomic E-state index is 9.89. The molecule has 3 nitrogen and oxygen atoms in total. The van der Waals surface area contributed by atoms with E-state index in [1.54, 1.807) is 18.3 Å². The van der Waals surface area contributed by atoms with Crippen molar-refractivity contribution >= 4 is 6.21 Å². The fraction of sp³-hybridized carbons (Fsp3) is 0.0952. The lowest BCUT2D eigenvalue weighted by molar-refractivity contribution is 0.272. The third-order valence-corrected chi connectivity index (χ3v) is 3.71. The molecular weight excluding hydrogens is 296 g/mol. The largest absolute Gasteiger partial charge is 0.507 e. The Labute approximate surface area is 142 Å². The van der Waals surface area contributed by atoms with Crippen LogP contribution in [0.5, 0.6) is 5.75 Å². The Kier molecular flexibility index (Phi) is 5.25.